The number of ether oxygens (including phenoxy) is 2. The van der Waals surface area contributed by atoms with Gasteiger partial charge in [-0.05, 0) is 41.1 Å². The average molecular weight is 423 g/mol. The highest BCUT2D eigenvalue weighted by atomic mass is 79.9. The van der Waals surface area contributed by atoms with E-state index in [2.05, 4.69) is 36.4 Å². The van der Waals surface area contributed by atoms with Crippen LogP contribution in [-0.4, -0.2) is 35.3 Å². The number of rotatable bonds is 5. The fraction of sp³-hybridized carbons (Fsp3) is 0.188. The number of thiazole rings is 1. The monoisotopic (exact) mass is 422 g/mol. The Kier molecular flexibility index (Phi) is 5.05. The number of nitrogens with one attached hydrogen (secondary N) is 2. The van der Waals surface area contributed by atoms with E-state index >= 15 is 0 Å². The summed E-state index contributed by atoms with van der Waals surface area (Å²) in [5.41, 5.74) is 2.54. The Hall–Kier alpha value is -2.39. The first-order valence-corrected chi connectivity index (χ1v) is 8.90. The number of aryl methyl sites for hydroxylation is 1. The molecule has 2 N–H and O–H groups in total. The van der Waals surface area contributed by atoms with Gasteiger partial charge in [-0.25, -0.2) is 4.98 Å². The summed E-state index contributed by atoms with van der Waals surface area (Å²) >= 11 is 4.66. The van der Waals surface area contributed by atoms with Crippen LogP contribution >= 0.6 is 27.3 Å². The van der Waals surface area contributed by atoms with Gasteiger partial charge < -0.3 is 9.47 Å². The number of anilines is 1. The van der Waals surface area contributed by atoms with E-state index in [0.717, 1.165) is 11.3 Å². The number of carbonyl (C=O) groups is 1. The molecule has 1 aromatic carbocycles. The van der Waals surface area contributed by atoms with Gasteiger partial charge in [-0.15, -0.1) is 11.3 Å². The number of aromatic nitrogens is 3. The summed E-state index contributed by atoms with van der Waals surface area (Å²) in [6.07, 6.45) is 0. The third-order valence-corrected chi connectivity index (χ3v) is 5.22. The van der Waals surface area contributed by atoms with Crippen LogP contribution in [0.15, 0.2) is 28.1 Å². The normalized spacial score (nSPS) is 10.6. The quantitative estimate of drug-likeness (QED) is 0.651. The van der Waals surface area contributed by atoms with Crippen LogP contribution in [0.25, 0.3) is 11.3 Å². The number of H-pyrrole nitrogens is 1. The zero-order chi connectivity index (χ0) is 18.0. The number of amides is 1. The molecule has 9 heteroatoms. The number of carbonyl (C=O) groups excluding carboxylic acids is 1. The van der Waals surface area contributed by atoms with E-state index in [-0.39, 0.29) is 11.6 Å². The van der Waals surface area contributed by atoms with Gasteiger partial charge in [0.25, 0.3) is 5.91 Å². The second kappa shape index (κ2) is 7.24. The first-order chi connectivity index (χ1) is 12.0. The van der Waals surface area contributed by atoms with Gasteiger partial charge in [0, 0.05) is 16.6 Å². The highest BCUT2D eigenvalue weighted by molar-refractivity contribution is 9.10. The molecule has 0 aliphatic heterocycles. The Bertz CT molecular complexity index is 922. The van der Waals surface area contributed by atoms with Crippen molar-refractivity contribution in [1.82, 2.24) is 15.2 Å². The van der Waals surface area contributed by atoms with E-state index in [4.69, 9.17) is 9.47 Å². The summed E-state index contributed by atoms with van der Waals surface area (Å²) in [5, 5.41) is 11.8. The van der Waals surface area contributed by atoms with Gasteiger partial charge in [-0.1, -0.05) is 0 Å². The second-order valence-electron chi connectivity index (χ2n) is 5.07. The molecule has 0 spiro atoms. The van der Waals surface area contributed by atoms with Gasteiger partial charge >= 0.3 is 0 Å². The van der Waals surface area contributed by atoms with Crippen LogP contribution in [0.1, 0.15) is 16.2 Å². The maximum absolute atomic E-state index is 12.3. The lowest BCUT2D eigenvalue weighted by atomic mass is 10.1. The summed E-state index contributed by atoms with van der Waals surface area (Å²) in [6, 6.07) is 5.47. The van der Waals surface area contributed by atoms with Crippen molar-refractivity contribution in [3.05, 3.63) is 39.4 Å². The number of nitrogens with zero attached hydrogens (tertiary/aromatic N) is 2. The smallest absolute Gasteiger partial charge is 0.279 e. The van der Waals surface area contributed by atoms with Crippen LogP contribution in [0.3, 0.4) is 0 Å². The molecule has 0 aliphatic rings. The van der Waals surface area contributed by atoms with Crippen LogP contribution in [0.5, 0.6) is 11.5 Å². The maximum atomic E-state index is 12.3. The van der Waals surface area contributed by atoms with Gasteiger partial charge in [-0.3, -0.25) is 15.2 Å². The van der Waals surface area contributed by atoms with Crippen molar-refractivity contribution >= 4 is 38.3 Å². The molecule has 1 amide bonds. The number of benzene rings is 1. The molecule has 2 aromatic heterocycles. The molecule has 3 aromatic rings. The van der Waals surface area contributed by atoms with Crippen molar-refractivity contribution in [3.8, 4) is 22.8 Å². The molecule has 0 bridgehead atoms. The lowest BCUT2D eigenvalue weighted by Crippen LogP contribution is -2.12. The fourth-order valence-electron chi connectivity index (χ4n) is 2.19. The molecule has 0 saturated heterocycles. The molecule has 0 atom stereocenters. The SMILES string of the molecule is COc1ccc(OC)c(-c2csc(NC(=O)c3n[nH]c(C)c3Br)n2)c1. The fourth-order valence-corrected chi connectivity index (χ4v) is 3.25. The van der Waals surface area contributed by atoms with E-state index in [0.29, 0.717) is 26.8 Å². The van der Waals surface area contributed by atoms with Crippen LogP contribution < -0.4 is 14.8 Å². The summed E-state index contributed by atoms with van der Waals surface area (Å²) in [6.45, 7) is 1.82. The molecule has 2 heterocycles. The Labute approximate surface area is 156 Å². The van der Waals surface area contributed by atoms with Crippen molar-refractivity contribution < 1.29 is 14.3 Å². The average Bonchev–Trinajstić information content (AvgIpc) is 3.21. The Morgan fingerprint density at radius 2 is 2.12 bits per heavy atom. The summed E-state index contributed by atoms with van der Waals surface area (Å²) in [5.74, 6) is 1.04. The molecular weight excluding hydrogens is 408 g/mol. The molecule has 25 heavy (non-hydrogen) atoms. The van der Waals surface area contributed by atoms with Crippen LogP contribution in [0.2, 0.25) is 0 Å². The summed E-state index contributed by atoms with van der Waals surface area (Å²) in [7, 11) is 3.19. The Morgan fingerprint density at radius 1 is 1.32 bits per heavy atom. The zero-order valence-corrected chi connectivity index (χ0v) is 16.1. The minimum atomic E-state index is -0.338. The largest absolute Gasteiger partial charge is 0.497 e. The molecule has 0 aliphatic carbocycles. The van der Waals surface area contributed by atoms with Crippen molar-refractivity contribution in [2.45, 2.75) is 6.92 Å². The van der Waals surface area contributed by atoms with Crippen LogP contribution in [0.4, 0.5) is 5.13 Å². The second-order valence-corrected chi connectivity index (χ2v) is 6.72. The van der Waals surface area contributed by atoms with Crippen molar-refractivity contribution in [2.24, 2.45) is 0 Å². The number of hydrogen-bond donors (Lipinski definition) is 2. The first kappa shape index (κ1) is 17.4. The maximum Gasteiger partial charge on any atom is 0.279 e. The minimum Gasteiger partial charge on any atom is -0.497 e. The minimum absolute atomic E-state index is 0.285. The molecule has 7 nitrogen and oxygen atoms in total. The van der Waals surface area contributed by atoms with E-state index in [1.165, 1.54) is 11.3 Å². The number of methoxy groups -OCH3 is 2. The Morgan fingerprint density at radius 3 is 2.76 bits per heavy atom. The molecule has 130 valence electrons. The van der Waals surface area contributed by atoms with E-state index in [9.17, 15) is 4.79 Å². The van der Waals surface area contributed by atoms with Gasteiger partial charge in [-0.2, -0.15) is 5.10 Å². The van der Waals surface area contributed by atoms with E-state index in [1.54, 1.807) is 14.2 Å². The summed E-state index contributed by atoms with van der Waals surface area (Å²) in [4.78, 5) is 16.8. The molecule has 0 saturated carbocycles. The van der Waals surface area contributed by atoms with Gasteiger partial charge in [0.15, 0.2) is 10.8 Å². The van der Waals surface area contributed by atoms with Crippen molar-refractivity contribution in [1.29, 1.82) is 0 Å². The van der Waals surface area contributed by atoms with Gasteiger partial charge in [0.2, 0.25) is 0 Å². The molecule has 0 radical (unpaired) electrons. The Balaban J connectivity index is 1.86. The topological polar surface area (TPSA) is 89.1 Å². The first-order valence-electron chi connectivity index (χ1n) is 7.23. The summed E-state index contributed by atoms with van der Waals surface area (Å²) < 4.78 is 11.3. The lowest BCUT2D eigenvalue weighted by molar-refractivity contribution is 0.102. The predicted molar refractivity (Wildman–Crippen MR) is 99.6 cm³/mol. The van der Waals surface area contributed by atoms with Crippen LogP contribution in [-0.2, 0) is 0 Å². The van der Waals surface area contributed by atoms with Crippen LogP contribution in [0, 0.1) is 6.92 Å². The molecule has 0 unspecified atom stereocenters. The highest BCUT2D eigenvalue weighted by Gasteiger charge is 2.18. The van der Waals surface area contributed by atoms with Gasteiger partial charge in [0.05, 0.1) is 24.4 Å². The predicted octanol–water partition coefficient (Wildman–Crippen LogP) is 3.87. The molecule has 3 rings (SSSR count). The standard InChI is InChI=1S/C16H15BrN4O3S/c1-8-13(17)14(21-20-8)15(22)19-16-18-11(7-25-16)10-6-9(23-2)4-5-12(10)24-3/h4-7H,1-3H3,(H,20,21)(H,18,19,22). The third kappa shape index (κ3) is 3.52. The van der Waals surface area contributed by atoms with E-state index in [1.807, 2.05) is 30.5 Å². The van der Waals surface area contributed by atoms with Gasteiger partial charge in [0.1, 0.15) is 11.5 Å². The van der Waals surface area contributed by atoms with E-state index < -0.39 is 0 Å². The number of hydrogen-bond acceptors (Lipinski definition) is 6. The lowest BCUT2D eigenvalue weighted by Gasteiger charge is -2.08. The van der Waals surface area contributed by atoms with Crippen molar-refractivity contribution in [2.75, 3.05) is 19.5 Å². The number of halogens is 1. The molecule has 0 fully saturated rings. The zero-order valence-electron chi connectivity index (χ0n) is 13.7. The number of aromatic amines is 1. The third-order valence-electron chi connectivity index (χ3n) is 3.49. The molecular formula is C16H15BrN4O3S. The van der Waals surface area contributed by atoms with Crippen molar-refractivity contribution in [3.63, 3.8) is 0 Å². The highest BCUT2D eigenvalue weighted by Crippen LogP contribution is 2.35.